The number of anilines is 1. The highest BCUT2D eigenvalue weighted by atomic mass is 35.5. The van der Waals surface area contributed by atoms with Crippen molar-refractivity contribution in [2.45, 2.75) is 6.92 Å². The third-order valence-corrected chi connectivity index (χ3v) is 3.39. The van der Waals surface area contributed by atoms with E-state index in [-0.39, 0.29) is 5.02 Å². The summed E-state index contributed by atoms with van der Waals surface area (Å²) in [5, 5.41) is 4.13. The zero-order chi connectivity index (χ0) is 15.0. The van der Waals surface area contributed by atoms with E-state index in [2.05, 4.69) is 10.1 Å². The third kappa shape index (κ3) is 2.60. The molecule has 0 amide bonds. The molecule has 4 nitrogen and oxygen atoms in total. The maximum Gasteiger partial charge on any atom is 0.258 e. The molecule has 1 aromatic heterocycles. The Labute approximate surface area is 125 Å². The number of hydrogen-bond donors (Lipinski definition) is 1. The molecule has 0 fully saturated rings. The molecule has 0 saturated heterocycles. The lowest BCUT2D eigenvalue weighted by atomic mass is 10.1. The molecule has 0 aliphatic carbocycles. The van der Waals surface area contributed by atoms with Crippen LogP contribution in [0, 0.1) is 12.7 Å². The Morgan fingerprint density at radius 2 is 1.90 bits per heavy atom. The van der Waals surface area contributed by atoms with Crippen molar-refractivity contribution in [1.29, 1.82) is 0 Å². The van der Waals surface area contributed by atoms with E-state index in [0.717, 1.165) is 11.1 Å². The van der Waals surface area contributed by atoms with Crippen molar-refractivity contribution in [2.24, 2.45) is 0 Å². The van der Waals surface area contributed by atoms with Crippen LogP contribution in [0.1, 0.15) is 5.56 Å². The Morgan fingerprint density at radius 1 is 1.14 bits per heavy atom. The quantitative estimate of drug-likeness (QED) is 0.724. The van der Waals surface area contributed by atoms with Gasteiger partial charge in [-0.3, -0.25) is 0 Å². The summed E-state index contributed by atoms with van der Waals surface area (Å²) in [5.41, 5.74) is 8.61. The third-order valence-electron chi connectivity index (χ3n) is 3.08. The predicted molar refractivity (Wildman–Crippen MR) is 79.3 cm³/mol. The fourth-order valence-corrected chi connectivity index (χ4v) is 2.29. The number of rotatable bonds is 2. The molecule has 0 spiro atoms. The van der Waals surface area contributed by atoms with Crippen LogP contribution in [-0.2, 0) is 0 Å². The van der Waals surface area contributed by atoms with Crippen LogP contribution in [0.2, 0.25) is 5.02 Å². The van der Waals surface area contributed by atoms with Gasteiger partial charge >= 0.3 is 0 Å². The van der Waals surface area contributed by atoms with Gasteiger partial charge in [0.15, 0.2) is 0 Å². The Kier molecular flexibility index (Phi) is 3.35. The van der Waals surface area contributed by atoms with E-state index >= 15 is 0 Å². The van der Waals surface area contributed by atoms with Crippen LogP contribution in [0.25, 0.3) is 22.8 Å². The minimum Gasteiger partial charge on any atom is -0.399 e. The highest BCUT2D eigenvalue weighted by Crippen LogP contribution is 2.29. The summed E-state index contributed by atoms with van der Waals surface area (Å²) in [6.45, 7) is 1.90. The SMILES string of the molecule is Cc1cc(N)ccc1-c1nc(-c2ccc(F)cc2Cl)no1. The van der Waals surface area contributed by atoms with Crippen LogP contribution in [0.4, 0.5) is 10.1 Å². The molecule has 3 aromatic rings. The first kappa shape index (κ1) is 13.6. The summed E-state index contributed by atoms with van der Waals surface area (Å²) in [6, 6.07) is 9.42. The highest BCUT2D eigenvalue weighted by molar-refractivity contribution is 6.33. The van der Waals surface area contributed by atoms with Crippen LogP contribution < -0.4 is 5.73 Å². The van der Waals surface area contributed by atoms with Gasteiger partial charge in [-0.25, -0.2) is 4.39 Å². The molecule has 0 aliphatic heterocycles. The van der Waals surface area contributed by atoms with Gasteiger partial charge in [0.05, 0.1) is 5.02 Å². The van der Waals surface area contributed by atoms with Crippen LogP contribution in [0.15, 0.2) is 40.9 Å². The number of halogens is 2. The van der Waals surface area contributed by atoms with Crippen LogP contribution in [-0.4, -0.2) is 10.1 Å². The Hall–Kier alpha value is -2.40. The van der Waals surface area contributed by atoms with Crippen LogP contribution in [0.3, 0.4) is 0 Å². The topological polar surface area (TPSA) is 64.9 Å². The molecule has 2 N–H and O–H groups in total. The minimum absolute atomic E-state index is 0.233. The zero-order valence-corrected chi connectivity index (χ0v) is 11.9. The summed E-state index contributed by atoms with van der Waals surface area (Å²) >= 11 is 5.99. The zero-order valence-electron chi connectivity index (χ0n) is 11.1. The number of nitrogens with zero attached hydrogens (tertiary/aromatic N) is 2. The van der Waals surface area contributed by atoms with E-state index in [0.29, 0.717) is 23.0 Å². The second-order valence-corrected chi connectivity index (χ2v) is 5.03. The molecule has 106 valence electrons. The number of aromatic nitrogens is 2. The Bertz CT molecular complexity index is 750. The van der Waals surface area contributed by atoms with E-state index in [1.165, 1.54) is 18.2 Å². The number of aryl methyl sites for hydroxylation is 1. The second-order valence-electron chi connectivity index (χ2n) is 4.62. The van der Waals surface area contributed by atoms with Crippen molar-refractivity contribution < 1.29 is 8.91 Å². The van der Waals surface area contributed by atoms with Gasteiger partial charge in [0.25, 0.3) is 5.89 Å². The summed E-state index contributed by atoms with van der Waals surface area (Å²) < 4.78 is 18.3. The highest BCUT2D eigenvalue weighted by Gasteiger charge is 2.15. The maximum atomic E-state index is 13.1. The molecule has 21 heavy (non-hydrogen) atoms. The first-order chi connectivity index (χ1) is 10.0. The van der Waals surface area contributed by atoms with Gasteiger partial charge in [0.2, 0.25) is 5.82 Å². The molecular weight excluding hydrogens is 293 g/mol. The maximum absolute atomic E-state index is 13.1. The lowest BCUT2D eigenvalue weighted by molar-refractivity contribution is 0.432. The minimum atomic E-state index is -0.415. The van der Waals surface area contributed by atoms with Gasteiger partial charge in [-0.05, 0) is 48.9 Å². The first-order valence-electron chi connectivity index (χ1n) is 6.20. The number of benzene rings is 2. The van der Waals surface area contributed by atoms with Gasteiger partial charge in [-0.1, -0.05) is 16.8 Å². The Balaban J connectivity index is 2.03. The number of hydrogen-bond acceptors (Lipinski definition) is 4. The van der Waals surface area contributed by atoms with Crippen molar-refractivity contribution in [1.82, 2.24) is 10.1 Å². The average molecular weight is 304 g/mol. The lowest BCUT2D eigenvalue weighted by Gasteiger charge is -2.01. The van der Waals surface area contributed by atoms with Gasteiger partial charge in [0.1, 0.15) is 5.82 Å². The predicted octanol–water partition coefficient (Wildman–Crippen LogP) is 4.09. The molecule has 2 aromatic carbocycles. The molecule has 0 bridgehead atoms. The molecule has 6 heteroatoms. The molecule has 1 heterocycles. The Morgan fingerprint density at radius 3 is 2.62 bits per heavy atom. The molecular formula is C15H11ClFN3O. The molecule has 3 rings (SSSR count). The summed E-state index contributed by atoms with van der Waals surface area (Å²) in [6.07, 6.45) is 0. The molecule has 0 aliphatic rings. The van der Waals surface area contributed by atoms with Crippen molar-refractivity contribution in [3.63, 3.8) is 0 Å². The lowest BCUT2D eigenvalue weighted by Crippen LogP contribution is -1.89. The number of nitrogen functional groups attached to an aromatic ring is 1. The summed E-state index contributed by atoms with van der Waals surface area (Å²) in [7, 11) is 0. The van der Waals surface area contributed by atoms with Gasteiger partial charge in [-0.2, -0.15) is 4.98 Å². The van der Waals surface area contributed by atoms with E-state index in [4.69, 9.17) is 21.9 Å². The normalized spacial score (nSPS) is 10.8. The van der Waals surface area contributed by atoms with E-state index in [9.17, 15) is 4.39 Å². The van der Waals surface area contributed by atoms with Crippen molar-refractivity contribution in [3.05, 3.63) is 52.8 Å². The van der Waals surface area contributed by atoms with Gasteiger partial charge in [-0.15, -0.1) is 0 Å². The smallest absolute Gasteiger partial charge is 0.258 e. The van der Waals surface area contributed by atoms with E-state index in [1.807, 2.05) is 19.1 Å². The standard InChI is InChI=1S/C15H11ClFN3O/c1-8-6-10(18)3-5-11(8)15-19-14(20-21-15)12-4-2-9(17)7-13(12)16/h2-7H,18H2,1H3. The number of nitrogens with two attached hydrogens (primary N) is 1. The monoisotopic (exact) mass is 303 g/mol. The first-order valence-corrected chi connectivity index (χ1v) is 6.58. The summed E-state index contributed by atoms with van der Waals surface area (Å²) in [5.74, 6) is 0.260. The fourth-order valence-electron chi connectivity index (χ4n) is 2.04. The second kappa shape index (κ2) is 5.18. The van der Waals surface area contributed by atoms with E-state index in [1.54, 1.807) is 6.07 Å². The van der Waals surface area contributed by atoms with Crippen molar-refractivity contribution in [2.75, 3.05) is 5.73 Å². The van der Waals surface area contributed by atoms with Gasteiger partial charge < -0.3 is 10.3 Å². The van der Waals surface area contributed by atoms with Crippen molar-refractivity contribution >= 4 is 17.3 Å². The van der Waals surface area contributed by atoms with Gasteiger partial charge in [0, 0.05) is 16.8 Å². The molecule has 0 saturated carbocycles. The van der Waals surface area contributed by atoms with E-state index < -0.39 is 5.82 Å². The molecule has 0 unspecified atom stereocenters. The molecule has 0 atom stereocenters. The largest absolute Gasteiger partial charge is 0.399 e. The average Bonchev–Trinajstić information content (AvgIpc) is 2.87. The van der Waals surface area contributed by atoms with Crippen LogP contribution >= 0.6 is 11.6 Å². The van der Waals surface area contributed by atoms with Crippen LogP contribution in [0.5, 0.6) is 0 Å². The summed E-state index contributed by atoms with van der Waals surface area (Å²) in [4.78, 5) is 4.31. The molecule has 0 radical (unpaired) electrons. The van der Waals surface area contributed by atoms with Crippen molar-refractivity contribution in [3.8, 4) is 22.8 Å². The fraction of sp³-hybridized carbons (Fsp3) is 0.0667.